The van der Waals surface area contributed by atoms with Gasteiger partial charge in [0.05, 0.1) is 28.2 Å². The number of amides is 1. The van der Waals surface area contributed by atoms with Gasteiger partial charge in [0.25, 0.3) is 5.91 Å². The highest BCUT2D eigenvalue weighted by Gasteiger charge is 2.17. The second-order valence-electron chi connectivity index (χ2n) is 5.98. The molecule has 0 fully saturated rings. The van der Waals surface area contributed by atoms with Gasteiger partial charge in [0.1, 0.15) is 10.0 Å². The summed E-state index contributed by atoms with van der Waals surface area (Å²) in [5.74, 6) is -0.369. The Morgan fingerprint density at radius 1 is 1.14 bits per heavy atom. The summed E-state index contributed by atoms with van der Waals surface area (Å²) in [5.41, 5.74) is 4.69. The number of hydrazone groups is 1. The summed E-state index contributed by atoms with van der Waals surface area (Å²) >= 11 is 14.1. The Bertz CT molecular complexity index is 1200. The molecular weight excluding hydrogens is 415 g/mol. The van der Waals surface area contributed by atoms with E-state index in [1.165, 1.54) is 17.6 Å². The number of benzene rings is 2. The lowest BCUT2D eigenvalue weighted by atomic mass is 10.2. The highest BCUT2D eigenvalue weighted by atomic mass is 35.5. The van der Waals surface area contributed by atoms with Crippen LogP contribution in [-0.2, 0) is 0 Å². The smallest absolute Gasteiger partial charge is 0.266 e. The number of para-hydroxylation sites is 1. The van der Waals surface area contributed by atoms with E-state index in [0.717, 1.165) is 15.8 Å². The zero-order chi connectivity index (χ0) is 19.7. The standard InChI is InChI=1S/C20H14Cl2N4OS/c1-12-15(19(22)26(25-12)13-7-3-2-4-8-13)11-23-24-20(27)18-17(21)14-9-5-6-10-16(14)28-18/h2-11H,1H3,(H,24,27)/b23-11+. The van der Waals surface area contributed by atoms with E-state index < -0.39 is 0 Å². The van der Waals surface area contributed by atoms with Gasteiger partial charge in [-0.3, -0.25) is 4.79 Å². The molecule has 4 rings (SSSR count). The number of halogens is 2. The van der Waals surface area contributed by atoms with Crippen LogP contribution in [0.15, 0.2) is 59.7 Å². The first kappa shape index (κ1) is 18.7. The molecule has 1 N–H and O–H groups in total. The van der Waals surface area contributed by atoms with Crippen LogP contribution in [0, 0.1) is 6.92 Å². The minimum absolute atomic E-state index is 0.369. The molecule has 28 heavy (non-hydrogen) atoms. The molecule has 0 atom stereocenters. The van der Waals surface area contributed by atoms with Gasteiger partial charge in [-0.2, -0.15) is 10.2 Å². The second-order valence-corrected chi connectivity index (χ2v) is 7.77. The number of nitrogens with one attached hydrogen (secondary N) is 1. The first-order chi connectivity index (χ1) is 13.6. The molecule has 0 bridgehead atoms. The third-order valence-electron chi connectivity index (χ3n) is 4.15. The molecule has 0 radical (unpaired) electrons. The van der Waals surface area contributed by atoms with Crippen molar-refractivity contribution in [2.45, 2.75) is 6.92 Å². The number of carbonyl (C=O) groups is 1. The van der Waals surface area contributed by atoms with E-state index in [4.69, 9.17) is 23.2 Å². The predicted molar refractivity (Wildman–Crippen MR) is 115 cm³/mol. The summed E-state index contributed by atoms with van der Waals surface area (Å²) in [6, 6.07) is 17.2. The summed E-state index contributed by atoms with van der Waals surface area (Å²) in [5, 5.41) is 10.2. The van der Waals surface area contributed by atoms with Gasteiger partial charge < -0.3 is 0 Å². The van der Waals surface area contributed by atoms with Crippen molar-refractivity contribution in [1.29, 1.82) is 0 Å². The zero-order valence-corrected chi connectivity index (χ0v) is 17.0. The third-order valence-corrected chi connectivity index (χ3v) is 6.19. The van der Waals surface area contributed by atoms with Crippen LogP contribution >= 0.6 is 34.5 Å². The molecule has 5 nitrogen and oxygen atoms in total. The maximum absolute atomic E-state index is 12.5. The molecule has 0 unspecified atom stereocenters. The second kappa shape index (κ2) is 7.75. The molecule has 0 saturated heterocycles. The van der Waals surface area contributed by atoms with Gasteiger partial charge in [-0.1, -0.05) is 59.6 Å². The lowest BCUT2D eigenvalue weighted by Crippen LogP contribution is -2.16. The summed E-state index contributed by atoms with van der Waals surface area (Å²) in [6.07, 6.45) is 1.49. The number of nitrogens with zero attached hydrogens (tertiary/aromatic N) is 3. The van der Waals surface area contributed by atoms with Crippen molar-refractivity contribution in [2.75, 3.05) is 0 Å². The van der Waals surface area contributed by atoms with Gasteiger partial charge in [-0.25, -0.2) is 10.1 Å². The van der Waals surface area contributed by atoms with Crippen LogP contribution in [0.3, 0.4) is 0 Å². The van der Waals surface area contributed by atoms with E-state index in [-0.39, 0.29) is 5.91 Å². The molecule has 1 amide bonds. The normalized spacial score (nSPS) is 11.4. The molecule has 2 aromatic carbocycles. The van der Waals surface area contributed by atoms with Crippen LogP contribution in [0.4, 0.5) is 0 Å². The molecular formula is C20H14Cl2N4OS. The average molecular weight is 429 g/mol. The molecule has 0 saturated carbocycles. The van der Waals surface area contributed by atoms with Crippen molar-refractivity contribution in [3.63, 3.8) is 0 Å². The van der Waals surface area contributed by atoms with E-state index in [0.29, 0.717) is 26.3 Å². The van der Waals surface area contributed by atoms with Crippen molar-refractivity contribution in [1.82, 2.24) is 15.2 Å². The fraction of sp³-hybridized carbons (Fsp3) is 0.0500. The lowest BCUT2D eigenvalue weighted by Gasteiger charge is -2.01. The Morgan fingerprint density at radius 2 is 1.86 bits per heavy atom. The van der Waals surface area contributed by atoms with Crippen molar-refractivity contribution >= 4 is 56.7 Å². The zero-order valence-electron chi connectivity index (χ0n) is 14.7. The molecule has 0 aliphatic heterocycles. The lowest BCUT2D eigenvalue weighted by molar-refractivity contribution is 0.0959. The van der Waals surface area contributed by atoms with Crippen molar-refractivity contribution in [2.24, 2.45) is 5.10 Å². The Kier molecular flexibility index (Phi) is 5.17. The molecule has 0 aliphatic rings. The van der Waals surface area contributed by atoms with Crippen LogP contribution in [0.25, 0.3) is 15.8 Å². The SMILES string of the molecule is Cc1nn(-c2ccccc2)c(Cl)c1/C=N/NC(=O)c1sc2ccccc2c1Cl. The van der Waals surface area contributed by atoms with E-state index in [1.807, 2.05) is 61.5 Å². The largest absolute Gasteiger partial charge is 0.283 e. The quantitative estimate of drug-likeness (QED) is 0.346. The van der Waals surface area contributed by atoms with Gasteiger partial charge in [0.2, 0.25) is 0 Å². The number of thiophene rings is 1. The summed E-state index contributed by atoms with van der Waals surface area (Å²) in [4.78, 5) is 12.9. The molecule has 0 aliphatic carbocycles. The number of aryl methyl sites for hydroxylation is 1. The maximum Gasteiger partial charge on any atom is 0.283 e. The Morgan fingerprint density at radius 3 is 2.61 bits per heavy atom. The Labute approximate surface area is 175 Å². The first-order valence-corrected chi connectivity index (χ1v) is 9.94. The van der Waals surface area contributed by atoms with Gasteiger partial charge in [-0.15, -0.1) is 11.3 Å². The summed E-state index contributed by atoms with van der Waals surface area (Å²) in [7, 11) is 0. The summed E-state index contributed by atoms with van der Waals surface area (Å²) < 4.78 is 2.58. The van der Waals surface area contributed by atoms with E-state index in [1.54, 1.807) is 4.68 Å². The molecule has 2 aromatic heterocycles. The minimum Gasteiger partial charge on any atom is -0.266 e. The minimum atomic E-state index is -0.369. The Hall–Kier alpha value is -2.67. The third kappa shape index (κ3) is 3.42. The van der Waals surface area contributed by atoms with E-state index in [9.17, 15) is 4.79 Å². The fourth-order valence-corrected chi connectivity index (χ4v) is 4.49. The van der Waals surface area contributed by atoms with Crippen molar-refractivity contribution < 1.29 is 4.79 Å². The van der Waals surface area contributed by atoms with Crippen LogP contribution in [0.1, 0.15) is 20.9 Å². The number of carbonyl (C=O) groups excluding carboxylic acids is 1. The van der Waals surface area contributed by atoms with Crippen LogP contribution in [-0.4, -0.2) is 21.9 Å². The predicted octanol–water partition coefficient (Wildman–Crippen LogP) is 5.47. The number of aromatic nitrogens is 2. The molecule has 0 spiro atoms. The molecule has 2 heterocycles. The van der Waals surface area contributed by atoms with Crippen LogP contribution in [0.5, 0.6) is 0 Å². The summed E-state index contributed by atoms with van der Waals surface area (Å²) in [6.45, 7) is 1.83. The van der Waals surface area contributed by atoms with Gasteiger partial charge in [0.15, 0.2) is 0 Å². The van der Waals surface area contributed by atoms with Crippen LogP contribution in [0.2, 0.25) is 10.2 Å². The fourth-order valence-electron chi connectivity index (χ4n) is 2.76. The monoisotopic (exact) mass is 428 g/mol. The maximum atomic E-state index is 12.5. The van der Waals surface area contributed by atoms with E-state index >= 15 is 0 Å². The Balaban J connectivity index is 1.56. The average Bonchev–Trinajstić information content (AvgIpc) is 3.20. The number of hydrogen-bond acceptors (Lipinski definition) is 4. The first-order valence-electron chi connectivity index (χ1n) is 8.37. The van der Waals surface area contributed by atoms with Crippen LogP contribution < -0.4 is 5.43 Å². The van der Waals surface area contributed by atoms with Crippen molar-refractivity contribution in [3.8, 4) is 5.69 Å². The number of rotatable bonds is 4. The van der Waals surface area contributed by atoms with Gasteiger partial charge >= 0.3 is 0 Å². The van der Waals surface area contributed by atoms with Gasteiger partial charge in [0, 0.05) is 10.1 Å². The number of hydrogen-bond donors (Lipinski definition) is 1. The molecule has 140 valence electrons. The topological polar surface area (TPSA) is 59.3 Å². The molecule has 8 heteroatoms. The van der Waals surface area contributed by atoms with Crippen molar-refractivity contribution in [3.05, 3.63) is 80.9 Å². The van der Waals surface area contributed by atoms with E-state index in [2.05, 4.69) is 15.6 Å². The number of fused-ring (bicyclic) bond motifs is 1. The highest BCUT2D eigenvalue weighted by Crippen LogP contribution is 2.35. The van der Waals surface area contributed by atoms with Gasteiger partial charge in [-0.05, 0) is 25.1 Å². The highest BCUT2D eigenvalue weighted by molar-refractivity contribution is 7.21. The molecule has 4 aromatic rings.